The maximum atomic E-state index is 12.9. The second-order valence-corrected chi connectivity index (χ2v) is 7.13. The van der Waals surface area contributed by atoms with Gasteiger partial charge in [0.15, 0.2) is 0 Å². The lowest BCUT2D eigenvalue weighted by Gasteiger charge is -2.23. The fourth-order valence-corrected chi connectivity index (χ4v) is 3.38. The number of hydrogen-bond donors (Lipinski definition) is 0. The molecule has 7 heteroatoms. The molecule has 0 aliphatic heterocycles. The van der Waals surface area contributed by atoms with Crippen molar-refractivity contribution in [3.8, 4) is 5.75 Å². The second kappa shape index (κ2) is 9.01. The van der Waals surface area contributed by atoms with Crippen molar-refractivity contribution >= 4 is 11.3 Å². The van der Waals surface area contributed by atoms with Gasteiger partial charge >= 0.3 is 6.18 Å². The van der Waals surface area contributed by atoms with Crippen molar-refractivity contribution in [1.82, 2.24) is 9.88 Å². The van der Waals surface area contributed by atoms with Crippen molar-refractivity contribution in [2.45, 2.75) is 25.9 Å². The highest BCUT2D eigenvalue weighted by Gasteiger charge is 2.30. The second-order valence-electron chi connectivity index (χ2n) is 6.09. The van der Waals surface area contributed by atoms with Gasteiger partial charge in [-0.2, -0.15) is 13.2 Å². The molecule has 27 heavy (non-hydrogen) atoms. The Morgan fingerprint density at radius 1 is 0.963 bits per heavy atom. The summed E-state index contributed by atoms with van der Waals surface area (Å²) in [6.07, 6.45) is -2.53. The zero-order valence-electron chi connectivity index (χ0n) is 14.5. The van der Waals surface area contributed by atoms with E-state index >= 15 is 0 Å². The molecule has 0 N–H and O–H groups in total. The molecule has 0 saturated heterocycles. The number of halogens is 3. The Bertz CT molecular complexity index is 806. The maximum Gasteiger partial charge on any atom is 0.401 e. The van der Waals surface area contributed by atoms with E-state index in [-0.39, 0.29) is 13.1 Å². The molecule has 0 aliphatic carbocycles. The predicted molar refractivity (Wildman–Crippen MR) is 99.5 cm³/mol. The van der Waals surface area contributed by atoms with Gasteiger partial charge < -0.3 is 4.74 Å². The van der Waals surface area contributed by atoms with Crippen LogP contribution in [0.5, 0.6) is 5.75 Å². The Labute approximate surface area is 160 Å². The lowest BCUT2D eigenvalue weighted by molar-refractivity contribution is -0.148. The summed E-state index contributed by atoms with van der Waals surface area (Å²) in [7, 11) is 0. The van der Waals surface area contributed by atoms with Crippen LogP contribution in [0.15, 0.2) is 66.2 Å². The number of aromatic nitrogens is 1. The molecule has 0 fully saturated rings. The molecule has 0 aliphatic rings. The van der Waals surface area contributed by atoms with Crippen molar-refractivity contribution in [1.29, 1.82) is 0 Å². The summed E-state index contributed by atoms with van der Waals surface area (Å²) < 4.78 is 44.4. The lowest BCUT2D eigenvalue weighted by atomic mass is 10.2. The van der Waals surface area contributed by atoms with Crippen LogP contribution < -0.4 is 4.74 Å². The summed E-state index contributed by atoms with van der Waals surface area (Å²) in [6.45, 7) is -0.103. The van der Waals surface area contributed by atoms with Crippen LogP contribution in [0, 0.1) is 0 Å². The SMILES string of the molecule is FC(F)(F)CN(Cc1ccc(OCc2ccccn2)cc1)Cc1cccs1. The van der Waals surface area contributed by atoms with Crippen LogP contribution >= 0.6 is 11.3 Å². The number of rotatable bonds is 8. The third-order valence-electron chi connectivity index (χ3n) is 3.80. The first kappa shape index (κ1) is 19.4. The molecule has 0 radical (unpaired) electrons. The topological polar surface area (TPSA) is 25.4 Å². The quantitative estimate of drug-likeness (QED) is 0.521. The largest absolute Gasteiger partial charge is 0.487 e. The molecule has 0 bridgehead atoms. The highest BCUT2D eigenvalue weighted by Crippen LogP contribution is 2.22. The van der Waals surface area contributed by atoms with Crippen LogP contribution in [0.25, 0.3) is 0 Å². The molecule has 0 atom stereocenters. The smallest absolute Gasteiger partial charge is 0.401 e. The molecule has 0 spiro atoms. The zero-order valence-corrected chi connectivity index (χ0v) is 15.3. The van der Waals surface area contributed by atoms with Crippen LogP contribution in [-0.4, -0.2) is 22.6 Å². The van der Waals surface area contributed by atoms with Crippen LogP contribution in [0.2, 0.25) is 0 Å². The third-order valence-corrected chi connectivity index (χ3v) is 4.67. The fraction of sp³-hybridized carbons (Fsp3) is 0.250. The van der Waals surface area contributed by atoms with Gasteiger partial charge in [0.05, 0.1) is 12.2 Å². The molecule has 2 heterocycles. The number of benzene rings is 1. The Kier molecular flexibility index (Phi) is 6.47. The Balaban J connectivity index is 1.60. The maximum absolute atomic E-state index is 12.9. The van der Waals surface area contributed by atoms with E-state index in [1.54, 1.807) is 30.5 Å². The van der Waals surface area contributed by atoms with Gasteiger partial charge in [0.2, 0.25) is 0 Å². The predicted octanol–water partition coefficient (Wildman–Crippen LogP) is 5.29. The van der Waals surface area contributed by atoms with E-state index in [1.165, 1.54) is 16.2 Å². The molecule has 2 aromatic heterocycles. The van der Waals surface area contributed by atoms with Gasteiger partial charge in [0.1, 0.15) is 12.4 Å². The average molecular weight is 392 g/mol. The first-order valence-corrected chi connectivity index (χ1v) is 9.29. The Hall–Kier alpha value is -2.38. The van der Waals surface area contributed by atoms with Crippen molar-refractivity contribution in [3.05, 3.63) is 82.3 Å². The molecular weight excluding hydrogens is 373 g/mol. The lowest BCUT2D eigenvalue weighted by Crippen LogP contribution is -2.33. The summed E-state index contributed by atoms with van der Waals surface area (Å²) >= 11 is 1.46. The minimum atomic E-state index is -4.23. The fourth-order valence-electron chi connectivity index (χ4n) is 2.63. The van der Waals surface area contributed by atoms with Gasteiger partial charge in [-0.25, -0.2) is 0 Å². The van der Waals surface area contributed by atoms with Gasteiger partial charge in [0, 0.05) is 24.2 Å². The minimum Gasteiger partial charge on any atom is -0.487 e. The van der Waals surface area contributed by atoms with Gasteiger partial charge in [-0.15, -0.1) is 11.3 Å². The van der Waals surface area contributed by atoms with Crippen LogP contribution in [-0.2, 0) is 19.7 Å². The van der Waals surface area contributed by atoms with Crippen LogP contribution in [0.4, 0.5) is 13.2 Å². The Morgan fingerprint density at radius 2 is 1.78 bits per heavy atom. The molecule has 142 valence electrons. The van der Waals surface area contributed by atoms with E-state index in [9.17, 15) is 13.2 Å². The molecule has 3 nitrogen and oxygen atoms in total. The molecule has 1 aromatic carbocycles. The van der Waals surface area contributed by atoms with Gasteiger partial charge in [-0.3, -0.25) is 9.88 Å². The highest BCUT2D eigenvalue weighted by atomic mass is 32.1. The van der Waals surface area contributed by atoms with E-state index in [2.05, 4.69) is 4.98 Å². The summed E-state index contributed by atoms with van der Waals surface area (Å²) in [6, 6.07) is 16.4. The van der Waals surface area contributed by atoms with Gasteiger partial charge in [0.25, 0.3) is 0 Å². The highest BCUT2D eigenvalue weighted by molar-refractivity contribution is 7.09. The first-order chi connectivity index (χ1) is 13.0. The summed E-state index contributed by atoms with van der Waals surface area (Å²) in [5.41, 5.74) is 1.62. The van der Waals surface area contributed by atoms with Gasteiger partial charge in [-0.1, -0.05) is 24.3 Å². The van der Waals surface area contributed by atoms with E-state index in [0.29, 0.717) is 12.4 Å². The van der Waals surface area contributed by atoms with Gasteiger partial charge in [-0.05, 0) is 41.3 Å². The van der Waals surface area contributed by atoms with E-state index in [1.807, 2.05) is 35.7 Å². The van der Waals surface area contributed by atoms with Crippen LogP contribution in [0.3, 0.4) is 0 Å². The first-order valence-electron chi connectivity index (χ1n) is 8.41. The summed E-state index contributed by atoms with van der Waals surface area (Å²) in [5, 5.41) is 1.87. The zero-order chi connectivity index (χ0) is 19.1. The third kappa shape index (κ3) is 6.69. The normalized spacial score (nSPS) is 11.7. The number of thiophene rings is 1. The molecule has 0 unspecified atom stereocenters. The summed E-state index contributed by atoms with van der Waals surface area (Å²) in [5.74, 6) is 0.657. The minimum absolute atomic E-state index is 0.220. The monoisotopic (exact) mass is 392 g/mol. The van der Waals surface area contributed by atoms with Crippen molar-refractivity contribution in [2.24, 2.45) is 0 Å². The number of ether oxygens (including phenoxy) is 1. The van der Waals surface area contributed by atoms with Crippen molar-refractivity contribution in [3.63, 3.8) is 0 Å². The number of alkyl halides is 3. The molecule has 0 amide bonds. The van der Waals surface area contributed by atoms with Crippen LogP contribution in [0.1, 0.15) is 16.1 Å². The molecule has 3 rings (SSSR count). The van der Waals surface area contributed by atoms with Crippen molar-refractivity contribution in [2.75, 3.05) is 6.54 Å². The average Bonchev–Trinajstić information content (AvgIpc) is 3.13. The van der Waals surface area contributed by atoms with Crippen molar-refractivity contribution < 1.29 is 17.9 Å². The Morgan fingerprint density at radius 3 is 2.41 bits per heavy atom. The van der Waals surface area contributed by atoms with E-state index in [4.69, 9.17) is 4.74 Å². The number of hydrogen-bond acceptors (Lipinski definition) is 4. The molecular formula is C20H19F3N2OS. The number of nitrogens with zero attached hydrogens (tertiary/aromatic N) is 2. The van der Waals surface area contributed by atoms with E-state index < -0.39 is 12.7 Å². The standard InChI is InChI=1S/C20H19F3N2OS/c21-20(22,23)15-25(13-19-5-3-11-27-19)12-16-6-8-18(9-7-16)26-14-17-4-1-2-10-24-17/h1-11H,12-15H2. The molecule has 3 aromatic rings. The van der Waals surface area contributed by atoms with E-state index in [0.717, 1.165) is 16.1 Å². The summed E-state index contributed by atoms with van der Waals surface area (Å²) in [4.78, 5) is 6.49. The molecule has 0 saturated carbocycles. The number of pyridine rings is 1.